The minimum atomic E-state index is -0.124. The predicted octanol–water partition coefficient (Wildman–Crippen LogP) is 1.88. The van der Waals surface area contributed by atoms with Crippen molar-refractivity contribution in [2.75, 3.05) is 31.6 Å². The molecule has 1 unspecified atom stereocenters. The maximum absolute atomic E-state index is 12.1. The summed E-state index contributed by atoms with van der Waals surface area (Å²) >= 11 is 0. The molecule has 1 fully saturated rings. The van der Waals surface area contributed by atoms with Gasteiger partial charge >= 0.3 is 0 Å². The van der Waals surface area contributed by atoms with Gasteiger partial charge in [-0.05, 0) is 43.2 Å². The van der Waals surface area contributed by atoms with Crippen molar-refractivity contribution in [2.24, 2.45) is 0 Å². The monoisotopic (exact) mass is 342 g/mol. The fraction of sp³-hybridized carbons (Fsp3) is 0.389. The molecule has 1 atom stereocenters. The van der Waals surface area contributed by atoms with Gasteiger partial charge in [0.25, 0.3) is 5.91 Å². The zero-order valence-corrected chi connectivity index (χ0v) is 14.0. The zero-order valence-electron chi connectivity index (χ0n) is 14.0. The quantitative estimate of drug-likeness (QED) is 0.713. The van der Waals surface area contributed by atoms with Gasteiger partial charge in [-0.25, -0.2) is 9.97 Å². The molecule has 132 valence electrons. The number of carbonyl (C=O) groups is 1. The summed E-state index contributed by atoms with van der Waals surface area (Å²) in [4.78, 5) is 20.2. The van der Waals surface area contributed by atoms with Gasteiger partial charge < -0.3 is 20.1 Å². The number of rotatable bonds is 8. The SMILES string of the molecule is O=C(NCCNc1ncccn1)c1ccc(OCC2CCCO2)cc1. The topological polar surface area (TPSA) is 85.4 Å². The van der Waals surface area contributed by atoms with Crippen LogP contribution < -0.4 is 15.4 Å². The molecule has 25 heavy (non-hydrogen) atoms. The van der Waals surface area contributed by atoms with Gasteiger partial charge in [-0.2, -0.15) is 0 Å². The Morgan fingerprint density at radius 3 is 2.72 bits per heavy atom. The molecule has 0 aliphatic carbocycles. The highest BCUT2D eigenvalue weighted by Crippen LogP contribution is 2.16. The van der Waals surface area contributed by atoms with E-state index in [1.54, 1.807) is 42.7 Å². The average Bonchev–Trinajstić information content (AvgIpc) is 3.18. The predicted molar refractivity (Wildman–Crippen MR) is 93.8 cm³/mol. The third-order valence-electron chi connectivity index (χ3n) is 3.84. The summed E-state index contributed by atoms with van der Waals surface area (Å²) in [6, 6.07) is 8.88. The Kier molecular flexibility index (Phi) is 6.17. The van der Waals surface area contributed by atoms with Gasteiger partial charge in [0, 0.05) is 37.7 Å². The first kappa shape index (κ1) is 17.2. The first-order valence-corrected chi connectivity index (χ1v) is 8.45. The van der Waals surface area contributed by atoms with Gasteiger partial charge in [-0.1, -0.05) is 0 Å². The van der Waals surface area contributed by atoms with Gasteiger partial charge in [0.1, 0.15) is 12.4 Å². The Balaban J connectivity index is 1.38. The van der Waals surface area contributed by atoms with Crippen LogP contribution in [0.1, 0.15) is 23.2 Å². The van der Waals surface area contributed by atoms with Crippen LogP contribution >= 0.6 is 0 Å². The van der Waals surface area contributed by atoms with Crippen LogP contribution in [0.2, 0.25) is 0 Å². The molecule has 7 heteroatoms. The van der Waals surface area contributed by atoms with E-state index in [2.05, 4.69) is 20.6 Å². The second kappa shape index (κ2) is 8.98. The number of hydrogen-bond donors (Lipinski definition) is 2. The average molecular weight is 342 g/mol. The van der Waals surface area contributed by atoms with Crippen LogP contribution in [0.5, 0.6) is 5.75 Å². The largest absolute Gasteiger partial charge is 0.491 e. The molecular formula is C18H22N4O3. The Morgan fingerprint density at radius 1 is 1.20 bits per heavy atom. The van der Waals surface area contributed by atoms with E-state index in [0.717, 1.165) is 25.2 Å². The Morgan fingerprint density at radius 2 is 2.00 bits per heavy atom. The zero-order chi connectivity index (χ0) is 17.3. The fourth-order valence-electron chi connectivity index (χ4n) is 2.51. The van der Waals surface area contributed by atoms with E-state index >= 15 is 0 Å². The molecule has 1 amide bonds. The molecule has 0 bridgehead atoms. The normalized spacial score (nSPS) is 16.4. The van der Waals surface area contributed by atoms with Crippen LogP contribution in [-0.4, -0.2) is 48.3 Å². The number of carbonyl (C=O) groups excluding carboxylic acids is 1. The van der Waals surface area contributed by atoms with E-state index in [4.69, 9.17) is 9.47 Å². The molecule has 1 aromatic heterocycles. The molecule has 1 saturated heterocycles. The molecule has 1 aliphatic rings. The standard InChI is InChI=1S/C18H22N4O3/c23-17(19-10-11-22-18-20-8-2-9-21-18)14-4-6-15(7-5-14)25-13-16-3-1-12-24-16/h2,4-9,16H,1,3,10-13H2,(H,19,23)(H,20,21,22). The maximum Gasteiger partial charge on any atom is 0.251 e. The summed E-state index contributed by atoms with van der Waals surface area (Å²) in [5, 5.41) is 5.88. The number of anilines is 1. The van der Waals surface area contributed by atoms with Crippen LogP contribution in [0.15, 0.2) is 42.7 Å². The minimum Gasteiger partial charge on any atom is -0.491 e. The molecule has 0 radical (unpaired) electrons. The lowest BCUT2D eigenvalue weighted by molar-refractivity contribution is 0.0679. The smallest absolute Gasteiger partial charge is 0.251 e. The van der Waals surface area contributed by atoms with E-state index in [1.807, 2.05) is 0 Å². The third-order valence-corrected chi connectivity index (χ3v) is 3.84. The highest BCUT2D eigenvalue weighted by molar-refractivity contribution is 5.94. The lowest BCUT2D eigenvalue weighted by Gasteiger charge is -2.12. The van der Waals surface area contributed by atoms with Gasteiger partial charge in [0.05, 0.1) is 6.10 Å². The van der Waals surface area contributed by atoms with Crippen molar-refractivity contribution in [1.82, 2.24) is 15.3 Å². The van der Waals surface area contributed by atoms with Crippen molar-refractivity contribution in [1.29, 1.82) is 0 Å². The van der Waals surface area contributed by atoms with Crippen molar-refractivity contribution in [3.05, 3.63) is 48.3 Å². The molecule has 0 saturated carbocycles. The van der Waals surface area contributed by atoms with Crippen molar-refractivity contribution in [3.8, 4) is 5.75 Å². The maximum atomic E-state index is 12.1. The fourth-order valence-corrected chi connectivity index (χ4v) is 2.51. The van der Waals surface area contributed by atoms with E-state index in [-0.39, 0.29) is 12.0 Å². The summed E-state index contributed by atoms with van der Waals surface area (Å²) in [5.41, 5.74) is 0.598. The van der Waals surface area contributed by atoms with Crippen LogP contribution in [0.25, 0.3) is 0 Å². The number of nitrogens with zero attached hydrogens (tertiary/aromatic N) is 2. The van der Waals surface area contributed by atoms with E-state index in [1.165, 1.54) is 0 Å². The highest BCUT2D eigenvalue weighted by atomic mass is 16.5. The molecular weight excluding hydrogens is 320 g/mol. The summed E-state index contributed by atoms with van der Waals surface area (Å²) < 4.78 is 11.2. The molecule has 7 nitrogen and oxygen atoms in total. The highest BCUT2D eigenvalue weighted by Gasteiger charge is 2.16. The summed E-state index contributed by atoms with van der Waals surface area (Å²) in [6.45, 7) is 2.41. The van der Waals surface area contributed by atoms with E-state index in [0.29, 0.717) is 31.2 Å². The number of benzene rings is 1. The molecule has 2 aromatic rings. The Hall–Kier alpha value is -2.67. The number of ether oxygens (including phenoxy) is 2. The van der Waals surface area contributed by atoms with Crippen molar-refractivity contribution in [2.45, 2.75) is 18.9 Å². The first-order valence-electron chi connectivity index (χ1n) is 8.45. The summed E-state index contributed by atoms with van der Waals surface area (Å²) in [6.07, 6.45) is 5.65. The molecule has 1 aliphatic heterocycles. The molecule has 1 aromatic carbocycles. The second-order valence-corrected chi connectivity index (χ2v) is 5.73. The van der Waals surface area contributed by atoms with Crippen LogP contribution in [0, 0.1) is 0 Å². The lowest BCUT2D eigenvalue weighted by atomic mass is 10.2. The molecule has 2 N–H and O–H groups in total. The Labute approximate surface area is 146 Å². The van der Waals surface area contributed by atoms with Crippen molar-refractivity contribution in [3.63, 3.8) is 0 Å². The summed E-state index contributed by atoms with van der Waals surface area (Å²) in [7, 11) is 0. The third kappa shape index (κ3) is 5.42. The van der Waals surface area contributed by atoms with Gasteiger partial charge in [0.2, 0.25) is 5.95 Å². The van der Waals surface area contributed by atoms with Gasteiger partial charge in [-0.3, -0.25) is 4.79 Å². The van der Waals surface area contributed by atoms with Crippen LogP contribution in [0.4, 0.5) is 5.95 Å². The number of aromatic nitrogens is 2. The molecule has 0 spiro atoms. The summed E-state index contributed by atoms with van der Waals surface area (Å²) in [5.74, 6) is 1.17. The number of nitrogens with one attached hydrogen (secondary N) is 2. The molecule has 3 rings (SSSR count). The second-order valence-electron chi connectivity index (χ2n) is 5.73. The van der Waals surface area contributed by atoms with Crippen LogP contribution in [0.3, 0.4) is 0 Å². The van der Waals surface area contributed by atoms with Gasteiger partial charge in [0.15, 0.2) is 0 Å². The van der Waals surface area contributed by atoms with Crippen molar-refractivity contribution < 1.29 is 14.3 Å². The van der Waals surface area contributed by atoms with Crippen molar-refractivity contribution >= 4 is 11.9 Å². The lowest BCUT2D eigenvalue weighted by Crippen LogP contribution is -2.29. The Bertz CT molecular complexity index is 658. The first-order chi connectivity index (χ1) is 12.3. The molecule has 2 heterocycles. The number of amides is 1. The van der Waals surface area contributed by atoms with E-state index in [9.17, 15) is 4.79 Å². The van der Waals surface area contributed by atoms with Gasteiger partial charge in [-0.15, -0.1) is 0 Å². The number of hydrogen-bond acceptors (Lipinski definition) is 6. The van der Waals surface area contributed by atoms with Crippen LogP contribution in [-0.2, 0) is 4.74 Å². The minimum absolute atomic E-state index is 0.124. The van der Waals surface area contributed by atoms with E-state index < -0.39 is 0 Å².